The molecule has 2 aromatic carbocycles. The van der Waals surface area contributed by atoms with Crippen LogP contribution in [0.2, 0.25) is 0 Å². The first-order valence-electron chi connectivity index (χ1n) is 6.11. The number of nitrogens with one attached hydrogen (secondary N) is 2. The summed E-state index contributed by atoms with van der Waals surface area (Å²) in [6.45, 7) is 4.00. The number of nitrogen functional groups attached to an aromatic ring is 1. The van der Waals surface area contributed by atoms with Crippen molar-refractivity contribution in [3.63, 3.8) is 0 Å². The van der Waals surface area contributed by atoms with E-state index in [1.165, 1.54) is 18.3 Å². The summed E-state index contributed by atoms with van der Waals surface area (Å²) in [4.78, 5) is 0. The topological polar surface area (TPSA) is 61.9 Å². The molecule has 0 aliphatic rings. The van der Waals surface area contributed by atoms with Gasteiger partial charge >= 0.3 is 0 Å². The Balaban J connectivity index is 0.000000861. The summed E-state index contributed by atoms with van der Waals surface area (Å²) in [7, 11) is 0. The van der Waals surface area contributed by atoms with Gasteiger partial charge in [-0.05, 0) is 42.5 Å². The molecule has 0 spiro atoms. The van der Waals surface area contributed by atoms with Crippen molar-refractivity contribution in [1.82, 2.24) is 0 Å². The molecule has 19 heavy (non-hydrogen) atoms. The fourth-order valence-electron chi connectivity index (χ4n) is 1.50. The Morgan fingerprint density at radius 2 is 1.74 bits per heavy atom. The van der Waals surface area contributed by atoms with E-state index in [9.17, 15) is 4.39 Å². The summed E-state index contributed by atoms with van der Waals surface area (Å²) in [6, 6.07) is 11.3. The Morgan fingerprint density at radius 3 is 2.32 bits per heavy atom. The highest BCUT2D eigenvalue weighted by atomic mass is 19.1. The molecule has 0 saturated heterocycles. The summed E-state index contributed by atoms with van der Waals surface area (Å²) >= 11 is 0. The number of halogens is 1. The van der Waals surface area contributed by atoms with Crippen molar-refractivity contribution in [2.45, 2.75) is 13.8 Å². The van der Waals surface area contributed by atoms with Crippen LogP contribution in [0.25, 0.3) is 0 Å². The molecule has 2 rings (SSSR count). The molecule has 0 aromatic heterocycles. The molecule has 4 N–H and O–H groups in total. The van der Waals surface area contributed by atoms with Gasteiger partial charge in [-0.25, -0.2) is 4.39 Å². The van der Waals surface area contributed by atoms with Crippen LogP contribution in [0.1, 0.15) is 19.4 Å². The molecule has 0 amide bonds. The van der Waals surface area contributed by atoms with E-state index in [-0.39, 0.29) is 5.82 Å². The third kappa shape index (κ3) is 4.10. The summed E-state index contributed by atoms with van der Waals surface area (Å²) in [5.41, 5.74) is 8.46. The van der Waals surface area contributed by atoms with E-state index in [1.807, 2.05) is 13.8 Å². The van der Waals surface area contributed by atoms with E-state index in [0.717, 1.165) is 11.4 Å². The molecule has 4 heteroatoms. The van der Waals surface area contributed by atoms with Crippen molar-refractivity contribution in [1.29, 1.82) is 5.41 Å². The largest absolute Gasteiger partial charge is 0.399 e. The predicted octanol–water partition coefficient (Wildman–Crippen LogP) is 4.18. The Labute approximate surface area is 112 Å². The first-order valence-corrected chi connectivity index (χ1v) is 6.11. The van der Waals surface area contributed by atoms with Gasteiger partial charge in [-0.15, -0.1) is 0 Å². The van der Waals surface area contributed by atoms with Gasteiger partial charge in [0.05, 0.1) is 0 Å². The Bertz CT molecular complexity index is 536. The Kier molecular flexibility index (Phi) is 5.54. The van der Waals surface area contributed by atoms with Gasteiger partial charge in [0.1, 0.15) is 5.82 Å². The van der Waals surface area contributed by atoms with Crippen molar-refractivity contribution in [3.8, 4) is 0 Å². The second kappa shape index (κ2) is 7.16. The van der Waals surface area contributed by atoms with Gasteiger partial charge in [-0.2, -0.15) is 0 Å². The van der Waals surface area contributed by atoms with Crippen molar-refractivity contribution >= 4 is 23.3 Å². The zero-order valence-electron chi connectivity index (χ0n) is 11.1. The van der Waals surface area contributed by atoms with Crippen molar-refractivity contribution in [2.75, 3.05) is 11.1 Å². The van der Waals surface area contributed by atoms with Crippen LogP contribution < -0.4 is 11.1 Å². The number of benzene rings is 2. The number of nitrogens with two attached hydrogens (primary N) is 1. The Morgan fingerprint density at radius 1 is 1.11 bits per heavy atom. The third-order valence-electron chi connectivity index (χ3n) is 2.35. The average molecular weight is 259 g/mol. The molecule has 0 atom stereocenters. The van der Waals surface area contributed by atoms with Gasteiger partial charge in [-0.3, -0.25) is 0 Å². The summed E-state index contributed by atoms with van der Waals surface area (Å²) in [5, 5.41) is 10.4. The lowest BCUT2D eigenvalue weighted by molar-refractivity contribution is 0.628. The number of anilines is 3. The molecule has 0 heterocycles. The van der Waals surface area contributed by atoms with Crippen LogP contribution in [0.3, 0.4) is 0 Å². The molecular weight excluding hydrogens is 241 g/mol. The van der Waals surface area contributed by atoms with Crippen molar-refractivity contribution < 1.29 is 4.39 Å². The second-order valence-corrected chi connectivity index (χ2v) is 3.62. The maximum Gasteiger partial charge on any atom is 0.123 e. The highest BCUT2D eigenvalue weighted by molar-refractivity contribution is 5.88. The summed E-state index contributed by atoms with van der Waals surface area (Å²) in [5.74, 6) is -0.278. The van der Waals surface area contributed by atoms with Gasteiger partial charge in [-0.1, -0.05) is 13.8 Å². The lowest BCUT2D eigenvalue weighted by Crippen LogP contribution is -1.97. The lowest BCUT2D eigenvalue weighted by Gasteiger charge is -2.09. The van der Waals surface area contributed by atoms with Gasteiger partial charge in [0.15, 0.2) is 0 Å². The van der Waals surface area contributed by atoms with Crippen LogP contribution in [0, 0.1) is 11.2 Å². The zero-order chi connectivity index (χ0) is 14.3. The van der Waals surface area contributed by atoms with Crippen LogP contribution in [-0.4, -0.2) is 6.21 Å². The molecule has 0 aliphatic carbocycles. The Hall–Kier alpha value is -2.36. The molecular formula is C15H18FN3. The van der Waals surface area contributed by atoms with Crippen LogP contribution in [-0.2, 0) is 0 Å². The van der Waals surface area contributed by atoms with E-state index >= 15 is 0 Å². The molecule has 0 unspecified atom stereocenters. The number of rotatable bonds is 3. The first-order chi connectivity index (χ1) is 9.19. The minimum Gasteiger partial charge on any atom is -0.399 e. The number of hydrogen-bond acceptors (Lipinski definition) is 3. The molecule has 2 aromatic rings. The maximum absolute atomic E-state index is 12.7. The molecule has 3 nitrogen and oxygen atoms in total. The minimum absolute atomic E-state index is 0.278. The maximum atomic E-state index is 12.7. The molecule has 0 aliphatic heterocycles. The second-order valence-electron chi connectivity index (χ2n) is 3.62. The molecule has 100 valence electrons. The van der Waals surface area contributed by atoms with Crippen LogP contribution >= 0.6 is 0 Å². The fraction of sp³-hybridized carbons (Fsp3) is 0.133. The van der Waals surface area contributed by atoms with Gasteiger partial charge in [0, 0.05) is 28.8 Å². The first kappa shape index (κ1) is 14.7. The summed E-state index contributed by atoms with van der Waals surface area (Å²) < 4.78 is 12.7. The minimum atomic E-state index is -0.278. The normalized spacial score (nSPS) is 9.21. The van der Waals surface area contributed by atoms with E-state index in [2.05, 4.69) is 5.32 Å². The average Bonchev–Trinajstić information content (AvgIpc) is 2.45. The van der Waals surface area contributed by atoms with Crippen molar-refractivity contribution in [2.24, 2.45) is 0 Å². The van der Waals surface area contributed by atoms with E-state index < -0.39 is 0 Å². The SMILES string of the molecule is CC.N=Cc1cc(N)ccc1Nc1ccc(F)cc1. The standard InChI is InChI=1S/C13H12FN3.C2H6/c14-10-1-4-12(5-2-10)17-13-6-3-11(16)7-9(13)8-15;1-2/h1-8,15,17H,16H2;1-2H3. The van der Waals surface area contributed by atoms with Gasteiger partial charge in [0.2, 0.25) is 0 Å². The lowest BCUT2D eigenvalue weighted by atomic mass is 10.1. The third-order valence-corrected chi connectivity index (χ3v) is 2.35. The van der Waals surface area contributed by atoms with Gasteiger partial charge in [0.25, 0.3) is 0 Å². The smallest absolute Gasteiger partial charge is 0.123 e. The zero-order valence-corrected chi connectivity index (χ0v) is 11.1. The van der Waals surface area contributed by atoms with Crippen LogP contribution in [0.5, 0.6) is 0 Å². The van der Waals surface area contributed by atoms with Crippen LogP contribution in [0.15, 0.2) is 42.5 Å². The van der Waals surface area contributed by atoms with E-state index in [4.69, 9.17) is 11.1 Å². The summed E-state index contributed by atoms with van der Waals surface area (Å²) in [6.07, 6.45) is 1.22. The highest BCUT2D eigenvalue weighted by Crippen LogP contribution is 2.22. The predicted molar refractivity (Wildman–Crippen MR) is 79.8 cm³/mol. The van der Waals surface area contributed by atoms with E-state index in [1.54, 1.807) is 30.3 Å². The van der Waals surface area contributed by atoms with Crippen molar-refractivity contribution in [3.05, 3.63) is 53.8 Å². The highest BCUT2D eigenvalue weighted by Gasteiger charge is 2.01. The molecule has 0 saturated carbocycles. The van der Waals surface area contributed by atoms with E-state index in [0.29, 0.717) is 11.3 Å². The molecule has 0 radical (unpaired) electrons. The monoisotopic (exact) mass is 259 g/mol. The molecule has 0 fully saturated rings. The van der Waals surface area contributed by atoms with Gasteiger partial charge < -0.3 is 16.5 Å². The fourth-order valence-corrected chi connectivity index (χ4v) is 1.50. The molecule has 0 bridgehead atoms. The van der Waals surface area contributed by atoms with Crippen LogP contribution in [0.4, 0.5) is 21.5 Å². The number of hydrogen-bond donors (Lipinski definition) is 3. The quantitative estimate of drug-likeness (QED) is 0.572.